The first kappa shape index (κ1) is 26.8. The molecule has 2 aromatic carbocycles. The van der Waals surface area contributed by atoms with Gasteiger partial charge in [0.1, 0.15) is 17.8 Å². The third kappa shape index (κ3) is 6.16. The van der Waals surface area contributed by atoms with Crippen LogP contribution < -0.4 is 25.6 Å². The molecule has 5 amide bonds. The van der Waals surface area contributed by atoms with Gasteiger partial charge in [0.05, 0.1) is 13.7 Å². The Hall–Kier alpha value is -4.28. The fourth-order valence-corrected chi connectivity index (χ4v) is 4.58. The number of carbonyl (C=O) groups excluding carboxylic acids is 4. The van der Waals surface area contributed by atoms with Crippen LogP contribution in [0.5, 0.6) is 5.75 Å². The highest BCUT2D eigenvalue weighted by Crippen LogP contribution is 2.21. The summed E-state index contributed by atoms with van der Waals surface area (Å²) in [5, 5.41) is 8.38. The third-order valence-corrected chi connectivity index (χ3v) is 6.78. The number of hydrogen-bond acceptors (Lipinski definition) is 6. The lowest BCUT2D eigenvalue weighted by atomic mass is 10.0. The molecule has 0 saturated carbocycles. The molecular weight excluding hydrogens is 488 g/mol. The Balaban J connectivity index is 1.53. The van der Waals surface area contributed by atoms with Crippen molar-refractivity contribution in [2.75, 3.05) is 57.6 Å². The van der Waals surface area contributed by atoms with E-state index in [1.165, 1.54) is 9.80 Å². The number of ether oxygens (including phenoxy) is 1. The average Bonchev–Trinajstić information content (AvgIpc) is 2.93. The van der Waals surface area contributed by atoms with Crippen molar-refractivity contribution in [3.63, 3.8) is 0 Å². The minimum absolute atomic E-state index is 0.0164. The first-order chi connectivity index (χ1) is 18.3. The zero-order valence-corrected chi connectivity index (χ0v) is 21.9. The van der Waals surface area contributed by atoms with Crippen LogP contribution >= 0.6 is 0 Å². The molecule has 2 saturated heterocycles. The SMILES string of the molecule is COc1cccc(NC(=O)N2CCN(C(=O)c3ccc(N(C)C)cc3)C(C(=O)NC3CCCNC3=O)C2)c1. The van der Waals surface area contributed by atoms with Crippen molar-refractivity contribution in [3.8, 4) is 5.75 Å². The molecule has 2 atom stereocenters. The molecule has 11 nitrogen and oxygen atoms in total. The number of piperazine rings is 1. The standard InChI is InChI=1S/C27H34N6O5/c1-31(2)20-11-9-18(10-12-20)26(36)33-15-14-32(27(37)29-19-6-4-7-21(16-19)38-3)17-23(33)25(35)30-22-8-5-13-28-24(22)34/h4,6-7,9-12,16,22-23H,5,8,13-15,17H2,1-3H3,(H,28,34)(H,29,37)(H,30,35). The van der Waals surface area contributed by atoms with Gasteiger partial charge in [-0.1, -0.05) is 6.07 Å². The minimum Gasteiger partial charge on any atom is -0.497 e. The second-order valence-electron chi connectivity index (χ2n) is 9.56. The first-order valence-electron chi connectivity index (χ1n) is 12.6. The van der Waals surface area contributed by atoms with E-state index in [0.29, 0.717) is 30.0 Å². The lowest BCUT2D eigenvalue weighted by molar-refractivity contribution is -0.133. The predicted molar refractivity (Wildman–Crippen MR) is 143 cm³/mol. The number of piperidine rings is 1. The van der Waals surface area contributed by atoms with Crippen molar-refractivity contribution in [2.24, 2.45) is 0 Å². The van der Waals surface area contributed by atoms with Crippen molar-refractivity contribution >= 4 is 35.1 Å². The summed E-state index contributed by atoms with van der Waals surface area (Å²) in [4.78, 5) is 57.2. The molecule has 0 radical (unpaired) electrons. The van der Waals surface area contributed by atoms with Crippen LogP contribution in [-0.4, -0.2) is 93.0 Å². The molecule has 0 aliphatic carbocycles. The van der Waals surface area contributed by atoms with Crippen LogP contribution in [0.2, 0.25) is 0 Å². The summed E-state index contributed by atoms with van der Waals surface area (Å²) in [5.74, 6) is -0.424. The van der Waals surface area contributed by atoms with Gasteiger partial charge in [0.25, 0.3) is 5.91 Å². The smallest absolute Gasteiger partial charge is 0.321 e. The fraction of sp³-hybridized carbons (Fsp3) is 0.407. The van der Waals surface area contributed by atoms with Crippen LogP contribution in [-0.2, 0) is 9.59 Å². The monoisotopic (exact) mass is 522 g/mol. The van der Waals surface area contributed by atoms with Crippen molar-refractivity contribution in [1.82, 2.24) is 20.4 Å². The number of nitrogens with zero attached hydrogens (tertiary/aromatic N) is 3. The van der Waals surface area contributed by atoms with Gasteiger partial charge in [-0.15, -0.1) is 0 Å². The van der Waals surface area contributed by atoms with E-state index in [4.69, 9.17) is 4.74 Å². The van der Waals surface area contributed by atoms with Gasteiger partial charge < -0.3 is 35.4 Å². The minimum atomic E-state index is -0.962. The predicted octanol–water partition coefficient (Wildman–Crippen LogP) is 1.51. The highest BCUT2D eigenvalue weighted by atomic mass is 16.5. The molecule has 0 bridgehead atoms. The Morgan fingerprint density at radius 2 is 1.84 bits per heavy atom. The van der Waals surface area contributed by atoms with Gasteiger partial charge in [-0.2, -0.15) is 0 Å². The second-order valence-corrected chi connectivity index (χ2v) is 9.56. The van der Waals surface area contributed by atoms with Crippen molar-refractivity contribution in [1.29, 1.82) is 0 Å². The first-order valence-corrected chi connectivity index (χ1v) is 12.6. The van der Waals surface area contributed by atoms with Gasteiger partial charge in [0, 0.05) is 56.7 Å². The van der Waals surface area contributed by atoms with Gasteiger partial charge in [0.15, 0.2) is 0 Å². The van der Waals surface area contributed by atoms with Crippen LogP contribution in [0, 0.1) is 0 Å². The number of rotatable bonds is 6. The van der Waals surface area contributed by atoms with E-state index in [9.17, 15) is 19.2 Å². The summed E-state index contributed by atoms with van der Waals surface area (Å²) in [6.07, 6.45) is 1.27. The van der Waals surface area contributed by atoms with E-state index in [2.05, 4.69) is 16.0 Å². The maximum Gasteiger partial charge on any atom is 0.321 e. The summed E-state index contributed by atoms with van der Waals surface area (Å²) < 4.78 is 5.22. The molecule has 2 aliphatic rings. The molecule has 0 aromatic heterocycles. The number of nitrogens with one attached hydrogen (secondary N) is 3. The number of carbonyl (C=O) groups is 4. The number of amides is 5. The molecule has 2 unspecified atom stereocenters. The molecule has 4 rings (SSSR count). The van der Waals surface area contributed by atoms with Crippen molar-refractivity contribution in [2.45, 2.75) is 24.9 Å². The normalized spacial score (nSPS) is 19.3. The van der Waals surface area contributed by atoms with Crippen LogP contribution in [0.25, 0.3) is 0 Å². The number of hydrogen-bond donors (Lipinski definition) is 3. The summed E-state index contributed by atoms with van der Waals surface area (Å²) in [6.45, 7) is 0.956. The Bertz CT molecular complexity index is 1180. The largest absolute Gasteiger partial charge is 0.497 e. The Morgan fingerprint density at radius 3 is 2.53 bits per heavy atom. The van der Waals surface area contributed by atoms with Gasteiger partial charge >= 0.3 is 6.03 Å². The van der Waals surface area contributed by atoms with Crippen LogP contribution in [0.4, 0.5) is 16.2 Å². The zero-order valence-electron chi connectivity index (χ0n) is 21.9. The molecule has 38 heavy (non-hydrogen) atoms. The summed E-state index contributed by atoms with van der Waals surface area (Å²) in [6, 6.07) is 12.1. The molecule has 3 N–H and O–H groups in total. The van der Waals surface area contributed by atoms with E-state index in [-0.39, 0.29) is 31.4 Å². The van der Waals surface area contributed by atoms with E-state index in [0.717, 1.165) is 12.1 Å². The number of benzene rings is 2. The average molecular weight is 523 g/mol. The second kappa shape index (κ2) is 11.8. The molecule has 2 fully saturated rings. The summed E-state index contributed by atoms with van der Waals surface area (Å²) in [7, 11) is 5.36. The Morgan fingerprint density at radius 1 is 1.08 bits per heavy atom. The summed E-state index contributed by atoms with van der Waals surface area (Å²) >= 11 is 0. The van der Waals surface area contributed by atoms with Gasteiger partial charge in [-0.3, -0.25) is 14.4 Å². The zero-order chi connectivity index (χ0) is 27.2. The molecule has 0 spiro atoms. The fourth-order valence-electron chi connectivity index (χ4n) is 4.58. The molecule has 2 aromatic rings. The van der Waals surface area contributed by atoms with Crippen LogP contribution in [0.1, 0.15) is 23.2 Å². The van der Waals surface area contributed by atoms with Crippen LogP contribution in [0.3, 0.4) is 0 Å². The highest BCUT2D eigenvalue weighted by Gasteiger charge is 2.39. The van der Waals surface area contributed by atoms with Crippen LogP contribution in [0.15, 0.2) is 48.5 Å². The quantitative estimate of drug-likeness (QED) is 0.529. The van der Waals surface area contributed by atoms with Gasteiger partial charge in [-0.25, -0.2) is 4.79 Å². The topological polar surface area (TPSA) is 123 Å². The van der Waals surface area contributed by atoms with E-state index >= 15 is 0 Å². The molecule has 2 aliphatic heterocycles. The van der Waals surface area contributed by atoms with Gasteiger partial charge in [0.2, 0.25) is 11.8 Å². The molecule has 11 heteroatoms. The third-order valence-electron chi connectivity index (χ3n) is 6.78. The van der Waals surface area contributed by atoms with Crippen molar-refractivity contribution in [3.05, 3.63) is 54.1 Å². The Kier molecular flexibility index (Phi) is 8.35. The maximum atomic E-state index is 13.5. The molecule has 2 heterocycles. The van der Waals surface area contributed by atoms with E-state index in [1.54, 1.807) is 43.5 Å². The summed E-state index contributed by atoms with van der Waals surface area (Å²) in [5.41, 5.74) is 1.94. The lowest BCUT2D eigenvalue weighted by Gasteiger charge is -2.41. The van der Waals surface area contributed by atoms with E-state index in [1.807, 2.05) is 31.1 Å². The number of anilines is 2. The number of urea groups is 1. The highest BCUT2D eigenvalue weighted by molar-refractivity contribution is 5.99. The lowest BCUT2D eigenvalue weighted by Crippen LogP contribution is -2.64. The van der Waals surface area contributed by atoms with Crippen molar-refractivity contribution < 1.29 is 23.9 Å². The molecular formula is C27H34N6O5. The van der Waals surface area contributed by atoms with E-state index < -0.39 is 24.0 Å². The van der Waals surface area contributed by atoms with Gasteiger partial charge in [-0.05, 0) is 49.2 Å². The number of methoxy groups -OCH3 is 1. The maximum absolute atomic E-state index is 13.5. The molecule has 202 valence electrons. The Labute approximate surface area is 222 Å².